The molecule has 110 valence electrons. The summed E-state index contributed by atoms with van der Waals surface area (Å²) in [4.78, 5) is 11.0. The van der Waals surface area contributed by atoms with Crippen molar-refractivity contribution in [3.63, 3.8) is 0 Å². The number of rotatable bonds is 6. The molecular weight excluding hydrogens is 315 g/mol. The van der Waals surface area contributed by atoms with Crippen LogP contribution in [-0.2, 0) is 0 Å². The van der Waals surface area contributed by atoms with Crippen LogP contribution in [0.15, 0.2) is 42.5 Å². The van der Waals surface area contributed by atoms with E-state index in [-0.39, 0.29) is 18.8 Å². The standard InChI is InChI=1S/C15H12Cl2O4/c16-11-5-3-7-13(14(11)17)21-9-8-20-12-6-2-1-4-10(12)15(18)19/h1-7H,8-9H2,(H,18,19). The molecule has 2 rings (SSSR count). The molecule has 2 aromatic carbocycles. The van der Waals surface area contributed by atoms with Crippen LogP contribution in [0.25, 0.3) is 0 Å². The molecule has 21 heavy (non-hydrogen) atoms. The van der Waals surface area contributed by atoms with E-state index in [4.69, 9.17) is 37.8 Å². The smallest absolute Gasteiger partial charge is 0.339 e. The van der Waals surface area contributed by atoms with Crippen LogP contribution in [0.1, 0.15) is 10.4 Å². The normalized spacial score (nSPS) is 10.2. The lowest BCUT2D eigenvalue weighted by Gasteiger charge is -2.11. The minimum atomic E-state index is -1.04. The van der Waals surface area contributed by atoms with Gasteiger partial charge in [-0.2, -0.15) is 0 Å². The third-order valence-corrected chi connectivity index (χ3v) is 3.43. The van der Waals surface area contributed by atoms with Gasteiger partial charge in [0.25, 0.3) is 0 Å². The van der Waals surface area contributed by atoms with E-state index < -0.39 is 5.97 Å². The van der Waals surface area contributed by atoms with Crippen molar-refractivity contribution in [2.75, 3.05) is 13.2 Å². The molecule has 0 aromatic heterocycles. The molecule has 0 aliphatic heterocycles. The van der Waals surface area contributed by atoms with Crippen molar-refractivity contribution in [3.8, 4) is 11.5 Å². The Morgan fingerprint density at radius 3 is 2.29 bits per heavy atom. The highest BCUT2D eigenvalue weighted by molar-refractivity contribution is 6.42. The first-order valence-corrected chi connectivity index (χ1v) is 6.87. The van der Waals surface area contributed by atoms with E-state index in [0.29, 0.717) is 21.5 Å². The molecule has 0 atom stereocenters. The van der Waals surface area contributed by atoms with E-state index in [0.717, 1.165) is 0 Å². The zero-order valence-electron chi connectivity index (χ0n) is 10.9. The number of carboxylic acids is 1. The summed E-state index contributed by atoms with van der Waals surface area (Å²) >= 11 is 11.9. The van der Waals surface area contributed by atoms with E-state index in [1.807, 2.05) is 0 Å². The first kappa shape index (κ1) is 15.5. The highest BCUT2D eigenvalue weighted by atomic mass is 35.5. The maximum Gasteiger partial charge on any atom is 0.339 e. The molecule has 0 amide bonds. The van der Waals surface area contributed by atoms with Crippen LogP contribution in [0, 0.1) is 0 Å². The van der Waals surface area contributed by atoms with Crippen LogP contribution >= 0.6 is 23.2 Å². The average Bonchev–Trinajstić information content (AvgIpc) is 2.48. The van der Waals surface area contributed by atoms with Crippen LogP contribution < -0.4 is 9.47 Å². The number of carboxylic acid groups (broad SMARTS) is 1. The van der Waals surface area contributed by atoms with E-state index >= 15 is 0 Å². The number of hydrogen-bond donors (Lipinski definition) is 1. The van der Waals surface area contributed by atoms with Gasteiger partial charge < -0.3 is 14.6 Å². The number of halogens is 2. The van der Waals surface area contributed by atoms with Crippen molar-refractivity contribution >= 4 is 29.2 Å². The van der Waals surface area contributed by atoms with Gasteiger partial charge in [-0.15, -0.1) is 0 Å². The van der Waals surface area contributed by atoms with Gasteiger partial charge in [-0.3, -0.25) is 0 Å². The third-order valence-electron chi connectivity index (χ3n) is 2.63. The van der Waals surface area contributed by atoms with Gasteiger partial charge in [0.2, 0.25) is 0 Å². The Kier molecular flexibility index (Phi) is 5.31. The molecule has 0 unspecified atom stereocenters. The van der Waals surface area contributed by atoms with E-state index in [1.54, 1.807) is 36.4 Å². The Balaban J connectivity index is 1.91. The van der Waals surface area contributed by atoms with Gasteiger partial charge in [-0.1, -0.05) is 41.4 Å². The molecule has 2 aromatic rings. The second-order valence-corrected chi connectivity index (χ2v) is 4.84. The summed E-state index contributed by atoms with van der Waals surface area (Å²) in [5.74, 6) is -0.283. The molecule has 6 heteroatoms. The largest absolute Gasteiger partial charge is 0.489 e. The molecule has 4 nitrogen and oxygen atoms in total. The van der Waals surface area contributed by atoms with Crippen molar-refractivity contribution in [2.24, 2.45) is 0 Å². The number of aromatic carboxylic acids is 1. The van der Waals surface area contributed by atoms with Crippen LogP contribution in [-0.4, -0.2) is 24.3 Å². The summed E-state index contributed by atoms with van der Waals surface area (Å²) < 4.78 is 10.9. The van der Waals surface area contributed by atoms with Gasteiger partial charge in [0, 0.05) is 0 Å². The molecular formula is C15H12Cl2O4. The lowest BCUT2D eigenvalue weighted by atomic mass is 10.2. The predicted molar refractivity (Wildman–Crippen MR) is 80.9 cm³/mol. The predicted octanol–water partition coefficient (Wildman–Crippen LogP) is 4.15. The lowest BCUT2D eigenvalue weighted by Crippen LogP contribution is -2.11. The zero-order valence-corrected chi connectivity index (χ0v) is 12.4. The quantitative estimate of drug-likeness (QED) is 0.810. The third kappa shape index (κ3) is 4.03. The maximum absolute atomic E-state index is 11.0. The van der Waals surface area contributed by atoms with Gasteiger partial charge in [0.05, 0.1) is 5.02 Å². The summed E-state index contributed by atoms with van der Waals surface area (Å²) in [6.07, 6.45) is 0. The molecule has 1 N–H and O–H groups in total. The number of para-hydroxylation sites is 1. The van der Waals surface area contributed by atoms with Crippen LogP contribution in [0.4, 0.5) is 0 Å². The van der Waals surface area contributed by atoms with Gasteiger partial charge in [-0.25, -0.2) is 4.79 Å². The first-order valence-electron chi connectivity index (χ1n) is 6.11. The number of hydrogen-bond acceptors (Lipinski definition) is 3. The van der Waals surface area contributed by atoms with Crippen molar-refractivity contribution in [2.45, 2.75) is 0 Å². The van der Waals surface area contributed by atoms with Crippen LogP contribution in [0.3, 0.4) is 0 Å². The topological polar surface area (TPSA) is 55.8 Å². The summed E-state index contributed by atoms with van der Waals surface area (Å²) in [6, 6.07) is 11.5. The number of benzene rings is 2. The molecule has 0 radical (unpaired) electrons. The molecule has 0 saturated heterocycles. The molecule has 0 bridgehead atoms. The minimum Gasteiger partial charge on any atom is -0.489 e. The van der Waals surface area contributed by atoms with Crippen molar-refractivity contribution in [3.05, 3.63) is 58.1 Å². The molecule has 0 heterocycles. The Hall–Kier alpha value is -1.91. The second kappa shape index (κ2) is 7.20. The zero-order chi connectivity index (χ0) is 15.2. The van der Waals surface area contributed by atoms with Gasteiger partial charge in [-0.05, 0) is 24.3 Å². The van der Waals surface area contributed by atoms with Gasteiger partial charge in [0.1, 0.15) is 35.3 Å². The molecule has 0 aliphatic rings. The molecule has 0 aliphatic carbocycles. The van der Waals surface area contributed by atoms with Crippen LogP contribution in [0.2, 0.25) is 10.0 Å². The Morgan fingerprint density at radius 1 is 0.952 bits per heavy atom. The minimum absolute atomic E-state index is 0.110. The average molecular weight is 327 g/mol. The van der Waals surface area contributed by atoms with E-state index in [1.165, 1.54) is 6.07 Å². The van der Waals surface area contributed by atoms with E-state index in [9.17, 15) is 4.79 Å². The fraction of sp³-hybridized carbons (Fsp3) is 0.133. The summed E-state index contributed by atoms with van der Waals surface area (Å²) in [6.45, 7) is 0.404. The fourth-order valence-corrected chi connectivity index (χ4v) is 2.01. The summed E-state index contributed by atoms with van der Waals surface area (Å²) in [5.41, 5.74) is 0.110. The second-order valence-electron chi connectivity index (χ2n) is 4.05. The van der Waals surface area contributed by atoms with Gasteiger partial charge >= 0.3 is 5.97 Å². The number of carbonyl (C=O) groups is 1. The Bertz CT molecular complexity index is 643. The van der Waals surface area contributed by atoms with Gasteiger partial charge in [0.15, 0.2) is 0 Å². The summed E-state index contributed by atoms with van der Waals surface area (Å²) in [7, 11) is 0. The monoisotopic (exact) mass is 326 g/mol. The maximum atomic E-state index is 11.0. The fourth-order valence-electron chi connectivity index (χ4n) is 1.67. The molecule has 0 saturated carbocycles. The highest BCUT2D eigenvalue weighted by Gasteiger charge is 2.10. The van der Waals surface area contributed by atoms with Crippen molar-refractivity contribution in [1.29, 1.82) is 0 Å². The molecule has 0 spiro atoms. The Labute approximate surface area is 131 Å². The first-order chi connectivity index (χ1) is 10.1. The summed E-state index contributed by atoms with van der Waals surface area (Å²) in [5, 5.41) is 9.77. The lowest BCUT2D eigenvalue weighted by molar-refractivity contribution is 0.0691. The highest BCUT2D eigenvalue weighted by Crippen LogP contribution is 2.31. The van der Waals surface area contributed by atoms with Crippen molar-refractivity contribution < 1.29 is 19.4 Å². The van der Waals surface area contributed by atoms with E-state index in [2.05, 4.69) is 0 Å². The Morgan fingerprint density at radius 2 is 1.57 bits per heavy atom. The SMILES string of the molecule is O=C(O)c1ccccc1OCCOc1cccc(Cl)c1Cl. The number of ether oxygens (including phenoxy) is 2. The van der Waals surface area contributed by atoms with Crippen LogP contribution in [0.5, 0.6) is 11.5 Å². The molecule has 0 fully saturated rings. The van der Waals surface area contributed by atoms with Crippen molar-refractivity contribution in [1.82, 2.24) is 0 Å².